The van der Waals surface area contributed by atoms with Crippen molar-refractivity contribution in [1.82, 2.24) is 0 Å². The van der Waals surface area contributed by atoms with E-state index in [0.717, 1.165) is 103 Å². The van der Waals surface area contributed by atoms with E-state index in [4.69, 9.17) is 14.2 Å². The molecule has 0 radical (unpaired) electrons. The Kier molecular flexibility index (Phi) is 58.7. The van der Waals surface area contributed by atoms with Crippen LogP contribution in [0.15, 0.2) is 72.9 Å². The standard InChI is InChI=1S/C67H118O6/c1-4-7-10-13-16-19-22-25-26-27-28-29-30-31-32-33-34-35-36-37-38-39-40-41-42-43-46-48-51-54-57-60-66(69)72-63-64(73-67(70)61-58-55-52-49-45-24-21-18-15-12-9-6-3)62-71-65(68)59-56-53-50-47-44-23-20-17-14-11-8-5-2/h7,10,16,18-19,21,25-26,28-29,31-32,64H,4-6,8-9,11-15,17,20,22-24,27,30,33-63H2,1-3H3/b10-7-,19-16-,21-18-,26-25-,29-28-,32-31-. The summed E-state index contributed by atoms with van der Waals surface area (Å²) in [6.07, 6.45) is 79.2. The van der Waals surface area contributed by atoms with Gasteiger partial charge in [0.15, 0.2) is 6.10 Å². The van der Waals surface area contributed by atoms with Crippen LogP contribution < -0.4 is 0 Å². The van der Waals surface area contributed by atoms with E-state index in [1.165, 1.54) is 173 Å². The Morgan fingerprint density at radius 1 is 0.288 bits per heavy atom. The second-order valence-electron chi connectivity index (χ2n) is 20.9. The molecule has 0 heterocycles. The van der Waals surface area contributed by atoms with Crippen LogP contribution in [0.3, 0.4) is 0 Å². The first-order valence-electron chi connectivity index (χ1n) is 31.4. The van der Waals surface area contributed by atoms with Gasteiger partial charge in [-0.2, -0.15) is 0 Å². The molecule has 0 amide bonds. The number of allylic oxidation sites excluding steroid dienone is 12. The van der Waals surface area contributed by atoms with E-state index in [9.17, 15) is 14.4 Å². The SMILES string of the molecule is CC/C=C\C/C=C\C/C=C\C/C=C\C/C=C\CCCCCCCCCCCCCCCCCC(=O)OCC(COC(=O)CCCCCCCCCCCCCC)OC(=O)CCCCCCC/C=C\CCCCC. The molecule has 0 aromatic heterocycles. The van der Waals surface area contributed by atoms with E-state index in [1.807, 2.05) is 0 Å². The molecule has 0 fully saturated rings. The van der Waals surface area contributed by atoms with Gasteiger partial charge < -0.3 is 14.2 Å². The molecule has 0 aromatic carbocycles. The summed E-state index contributed by atoms with van der Waals surface area (Å²) >= 11 is 0. The molecule has 6 nitrogen and oxygen atoms in total. The van der Waals surface area contributed by atoms with Gasteiger partial charge in [0.25, 0.3) is 0 Å². The predicted octanol–water partition coefficient (Wildman–Crippen LogP) is 21.3. The van der Waals surface area contributed by atoms with Crippen LogP contribution in [0.1, 0.15) is 316 Å². The summed E-state index contributed by atoms with van der Waals surface area (Å²) in [5.74, 6) is -0.870. The summed E-state index contributed by atoms with van der Waals surface area (Å²) in [6.45, 7) is 6.52. The smallest absolute Gasteiger partial charge is 0.306 e. The number of carbonyl (C=O) groups excluding carboxylic acids is 3. The highest BCUT2D eigenvalue weighted by molar-refractivity contribution is 5.71. The molecule has 1 unspecified atom stereocenters. The number of ether oxygens (including phenoxy) is 3. The van der Waals surface area contributed by atoms with Crippen LogP contribution in [0.2, 0.25) is 0 Å². The summed E-state index contributed by atoms with van der Waals surface area (Å²) in [7, 11) is 0. The van der Waals surface area contributed by atoms with Crippen molar-refractivity contribution in [2.24, 2.45) is 0 Å². The number of esters is 3. The Labute approximate surface area is 453 Å². The quantitative estimate of drug-likeness (QED) is 0.0261. The minimum atomic E-state index is -0.775. The molecule has 6 heteroatoms. The number of hydrogen-bond acceptors (Lipinski definition) is 6. The van der Waals surface area contributed by atoms with Crippen molar-refractivity contribution in [3.63, 3.8) is 0 Å². The highest BCUT2D eigenvalue weighted by atomic mass is 16.6. The third-order valence-corrected chi connectivity index (χ3v) is 13.7. The molecule has 73 heavy (non-hydrogen) atoms. The monoisotopic (exact) mass is 1020 g/mol. The molecule has 0 aliphatic heterocycles. The fraction of sp³-hybridized carbons (Fsp3) is 0.776. The summed E-state index contributed by atoms with van der Waals surface area (Å²) in [4.78, 5) is 38.1. The molecule has 0 N–H and O–H groups in total. The summed E-state index contributed by atoms with van der Waals surface area (Å²) in [5.41, 5.74) is 0. The van der Waals surface area contributed by atoms with Gasteiger partial charge >= 0.3 is 17.9 Å². The van der Waals surface area contributed by atoms with E-state index in [-0.39, 0.29) is 31.1 Å². The van der Waals surface area contributed by atoms with E-state index in [0.29, 0.717) is 19.3 Å². The van der Waals surface area contributed by atoms with Gasteiger partial charge in [0.1, 0.15) is 13.2 Å². The van der Waals surface area contributed by atoms with Gasteiger partial charge in [-0.15, -0.1) is 0 Å². The summed E-state index contributed by atoms with van der Waals surface area (Å²) in [5, 5.41) is 0. The molecule has 0 aliphatic rings. The zero-order chi connectivity index (χ0) is 52.9. The first-order chi connectivity index (χ1) is 36.0. The molecule has 0 bridgehead atoms. The zero-order valence-corrected chi connectivity index (χ0v) is 48.4. The van der Waals surface area contributed by atoms with Gasteiger partial charge in [-0.05, 0) is 89.9 Å². The lowest BCUT2D eigenvalue weighted by Gasteiger charge is -2.18. The van der Waals surface area contributed by atoms with Crippen LogP contribution in [0.5, 0.6) is 0 Å². The normalized spacial score (nSPS) is 12.5. The molecule has 0 aromatic rings. The highest BCUT2D eigenvalue weighted by Gasteiger charge is 2.19. The molecule has 0 aliphatic carbocycles. The van der Waals surface area contributed by atoms with Gasteiger partial charge in [0.2, 0.25) is 0 Å². The fourth-order valence-corrected chi connectivity index (χ4v) is 9.00. The van der Waals surface area contributed by atoms with Crippen LogP contribution in [-0.2, 0) is 28.6 Å². The Morgan fingerprint density at radius 2 is 0.534 bits per heavy atom. The van der Waals surface area contributed by atoms with Gasteiger partial charge in [-0.3, -0.25) is 14.4 Å². The molecular weight excluding hydrogens is 901 g/mol. The van der Waals surface area contributed by atoms with Crippen LogP contribution in [0.4, 0.5) is 0 Å². The Hall–Kier alpha value is -3.15. The molecule has 0 saturated heterocycles. The average Bonchev–Trinajstić information content (AvgIpc) is 3.39. The van der Waals surface area contributed by atoms with Gasteiger partial charge in [-0.25, -0.2) is 0 Å². The lowest BCUT2D eigenvalue weighted by atomic mass is 10.0. The van der Waals surface area contributed by atoms with Crippen molar-refractivity contribution in [3.05, 3.63) is 72.9 Å². The first kappa shape index (κ1) is 69.8. The maximum Gasteiger partial charge on any atom is 0.306 e. The Bertz CT molecular complexity index is 1360. The second kappa shape index (κ2) is 61.4. The molecule has 0 spiro atoms. The highest BCUT2D eigenvalue weighted by Crippen LogP contribution is 2.17. The summed E-state index contributed by atoms with van der Waals surface area (Å²) < 4.78 is 16.9. The van der Waals surface area contributed by atoms with E-state index in [1.54, 1.807) is 0 Å². The number of unbranched alkanes of at least 4 members (excludes halogenated alkanes) is 34. The molecular formula is C67H118O6. The van der Waals surface area contributed by atoms with Gasteiger partial charge in [0, 0.05) is 19.3 Å². The minimum absolute atomic E-state index is 0.0739. The van der Waals surface area contributed by atoms with Crippen molar-refractivity contribution >= 4 is 17.9 Å². The molecule has 0 saturated carbocycles. The van der Waals surface area contributed by atoms with Crippen LogP contribution in [0, 0.1) is 0 Å². The van der Waals surface area contributed by atoms with E-state index in [2.05, 4.69) is 93.7 Å². The zero-order valence-electron chi connectivity index (χ0n) is 48.4. The fourth-order valence-electron chi connectivity index (χ4n) is 9.00. The van der Waals surface area contributed by atoms with E-state index >= 15 is 0 Å². The van der Waals surface area contributed by atoms with Crippen molar-refractivity contribution in [3.8, 4) is 0 Å². The maximum absolute atomic E-state index is 12.8. The molecule has 1 atom stereocenters. The lowest BCUT2D eigenvalue weighted by Crippen LogP contribution is -2.30. The second-order valence-corrected chi connectivity index (χ2v) is 20.9. The predicted molar refractivity (Wildman–Crippen MR) is 316 cm³/mol. The Balaban J connectivity index is 4.12. The van der Waals surface area contributed by atoms with Crippen molar-refractivity contribution in [1.29, 1.82) is 0 Å². The topological polar surface area (TPSA) is 78.9 Å². The Morgan fingerprint density at radius 3 is 0.877 bits per heavy atom. The van der Waals surface area contributed by atoms with Crippen molar-refractivity contribution < 1.29 is 28.6 Å². The van der Waals surface area contributed by atoms with Gasteiger partial charge in [0.05, 0.1) is 0 Å². The third kappa shape index (κ3) is 59.6. The molecule has 422 valence electrons. The molecule has 0 rings (SSSR count). The average molecular weight is 1020 g/mol. The lowest BCUT2D eigenvalue weighted by molar-refractivity contribution is -0.167. The van der Waals surface area contributed by atoms with Gasteiger partial charge in [-0.1, -0.05) is 280 Å². The summed E-state index contributed by atoms with van der Waals surface area (Å²) in [6, 6.07) is 0. The first-order valence-corrected chi connectivity index (χ1v) is 31.4. The minimum Gasteiger partial charge on any atom is -0.462 e. The number of hydrogen-bond donors (Lipinski definition) is 0. The van der Waals surface area contributed by atoms with Crippen LogP contribution >= 0.6 is 0 Å². The number of rotatable bonds is 57. The van der Waals surface area contributed by atoms with Crippen LogP contribution in [-0.4, -0.2) is 37.2 Å². The van der Waals surface area contributed by atoms with Crippen molar-refractivity contribution in [2.75, 3.05) is 13.2 Å². The third-order valence-electron chi connectivity index (χ3n) is 13.7. The van der Waals surface area contributed by atoms with E-state index < -0.39 is 6.10 Å². The number of carbonyl (C=O) groups is 3. The van der Waals surface area contributed by atoms with Crippen molar-refractivity contribution in [2.45, 2.75) is 322 Å². The maximum atomic E-state index is 12.8. The largest absolute Gasteiger partial charge is 0.462 e. The van der Waals surface area contributed by atoms with Crippen LogP contribution in [0.25, 0.3) is 0 Å².